The Kier molecular flexibility index (Phi) is 8.48. The van der Waals surface area contributed by atoms with Crippen LogP contribution in [0.4, 0.5) is 30.4 Å². The molecule has 0 aliphatic heterocycles. The fourth-order valence-electron chi connectivity index (χ4n) is 4.65. The predicted molar refractivity (Wildman–Crippen MR) is 163 cm³/mol. The number of nitrogens with one attached hydrogen (secondary N) is 3. The van der Waals surface area contributed by atoms with Crippen LogP contribution in [0.3, 0.4) is 0 Å². The van der Waals surface area contributed by atoms with Crippen LogP contribution in [0.2, 0.25) is 0 Å². The van der Waals surface area contributed by atoms with E-state index >= 15 is 0 Å². The van der Waals surface area contributed by atoms with Crippen molar-refractivity contribution in [3.63, 3.8) is 0 Å². The quantitative estimate of drug-likeness (QED) is 0.172. The fourth-order valence-corrected chi connectivity index (χ4v) is 4.65. The zero-order chi connectivity index (χ0) is 31.4. The minimum absolute atomic E-state index is 0.147. The van der Waals surface area contributed by atoms with E-state index in [0.717, 1.165) is 29.0 Å². The molecular weight excluding hydrogens is 571 g/mol. The summed E-state index contributed by atoms with van der Waals surface area (Å²) in [5.41, 5.74) is 3.10. The van der Waals surface area contributed by atoms with Crippen LogP contribution in [0.15, 0.2) is 85.2 Å². The molecule has 5 aromatic rings. The molecule has 0 saturated heterocycles. The molecule has 2 amide bonds. The molecule has 3 N–H and O–H groups in total. The Labute approximate surface area is 251 Å². The second-order valence-corrected chi connectivity index (χ2v) is 10.1. The number of aryl methyl sites for hydroxylation is 2. The number of hydrogen-bond donors (Lipinski definition) is 3. The van der Waals surface area contributed by atoms with Crippen molar-refractivity contribution in [1.82, 2.24) is 9.97 Å². The molecule has 1 aromatic heterocycles. The van der Waals surface area contributed by atoms with Gasteiger partial charge in [0.1, 0.15) is 17.9 Å². The van der Waals surface area contributed by atoms with E-state index in [9.17, 15) is 22.8 Å². The third kappa shape index (κ3) is 6.62. The number of methoxy groups -OCH3 is 1. The molecule has 11 heteroatoms. The van der Waals surface area contributed by atoms with Crippen LogP contribution in [0.25, 0.3) is 10.9 Å². The van der Waals surface area contributed by atoms with Crippen LogP contribution in [0.1, 0.15) is 43.0 Å². The summed E-state index contributed by atoms with van der Waals surface area (Å²) in [4.78, 5) is 34.9. The highest BCUT2D eigenvalue weighted by molar-refractivity contribution is 6.13. The van der Waals surface area contributed by atoms with Crippen molar-refractivity contribution in [3.05, 3.63) is 119 Å². The third-order valence-electron chi connectivity index (χ3n) is 6.99. The van der Waals surface area contributed by atoms with Crippen LogP contribution < -0.4 is 20.7 Å². The van der Waals surface area contributed by atoms with Gasteiger partial charge in [-0.2, -0.15) is 13.2 Å². The number of aromatic nitrogens is 2. The Hall–Kier alpha value is -5.45. The molecule has 0 spiro atoms. The van der Waals surface area contributed by atoms with Gasteiger partial charge in [0.05, 0.1) is 23.8 Å². The number of para-hydroxylation sites is 1. The van der Waals surface area contributed by atoms with E-state index in [1.165, 1.54) is 18.5 Å². The molecule has 0 radical (unpaired) electrons. The molecule has 0 atom stereocenters. The largest absolute Gasteiger partial charge is 0.496 e. The summed E-state index contributed by atoms with van der Waals surface area (Å²) in [5, 5.41) is 9.41. The summed E-state index contributed by atoms with van der Waals surface area (Å²) in [6.45, 7) is 4.20. The van der Waals surface area contributed by atoms with Crippen molar-refractivity contribution in [1.29, 1.82) is 0 Å². The molecule has 1 heterocycles. The molecule has 0 bridgehead atoms. The van der Waals surface area contributed by atoms with Crippen LogP contribution >= 0.6 is 0 Å². The number of alkyl halides is 3. The predicted octanol–water partition coefficient (Wildman–Crippen LogP) is 7.39. The molecule has 0 aliphatic carbocycles. The monoisotopic (exact) mass is 599 g/mol. The molecule has 0 unspecified atom stereocenters. The van der Waals surface area contributed by atoms with Gasteiger partial charge in [-0.25, -0.2) is 9.97 Å². The van der Waals surface area contributed by atoms with E-state index in [2.05, 4.69) is 25.9 Å². The average Bonchev–Trinajstić information content (AvgIpc) is 3.01. The van der Waals surface area contributed by atoms with Gasteiger partial charge in [0.2, 0.25) is 0 Å². The van der Waals surface area contributed by atoms with Gasteiger partial charge < -0.3 is 20.7 Å². The Morgan fingerprint density at radius 2 is 1.66 bits per heavy atom. The summed E-state index contributed by atoms with van der Waals surface area (Å²) >= 11 is 0. The van der Waals surface area contributed by atoms with Gasteiger partial charge >= 0.3 is 6.18 Å². The number of fused-ring (bicyclic) bond motifs is 1. The Morgan fingerprint density at radius 1 is 0.864 bits per heavy atom. The van der Waals surface area contributed by atoms with Crippen molar-refractivity contribution in [2.75, 3.05) is 23.1 Å². The van der Waals surface area contributed by atoms with E-state index in [0.29, 0.717) is 45.8 Å². The van der Waals surface area contributed by atoms with Crippen molar-refractivity contribution < 1.29 is 27.5 Å². The zero-order valence-electron chi connectivity index (χ0n) is 24.0. The number of carbonyl (C=O) groups excluding carboxylic acids is 2. The Balaban J connectivity index is 1.35. The normalized spacial score (nSPS) is 11.2. The van der Waals surface area contributed by atoms with Gasteiger partial charge in [0.15, 0.2) is 0 Å². The molecule has 8 nitrogen and oxygen atoms in total. The maximum Gasteiger partial charge on any atom is 0.416 e. The van der Waals surface area contributed by atoms with E-state index in [1.54, 1.807) is 44.4 Å². The fraction of sp³-hybridized carbons (Fsp3) is 0.152. The second kappa shape index (κ2) is 12.4. The number of rotatable bonds is 8. The lowest BCUT2D eigenvalue weighted by molar-refractivity contribution is -0.137. The van der Waals surface area contributed by atoms with Crippen LogP contribution in [0, 0.1) is 13.8 Å². The van der Waals surface area contributed by atoms with Gasteiger partial charge in [-0.15, -0.1) is 0 Å². The topological polar surface area (TPSA) is 105 Å². The highest BCUT2D eigenvalue weighted by atomic mass is 19.4. The maximum absolute atomic E-state index is 13.5. The molecule has 0 fully saturated rings. The molecule has 4 aromatic carbocycles. The van der Waals surface area contributed by atoms with Gasteiger partial charge in [-0.1, -0.05) is 30.3 Å². The lowest BCUT2D eigenvalue weighted by atomic mass is 10.1. The number of anilines is 3. The van der Waals surface area contributed by atoms with Crippen LogP contribution in [-0.4, -0.2) is 28.9 Å². The molecular formula is C33H28F3N5O3. The van der Waals surface area contributed by atoms with Gasteiger partial charge in [0.25, 0.3) is 11.8 Å². The first-order chi connectivity index (χ1) is 21.0. The van der Waals surface area contributed by atoms with Crippen LogP contribution in [-0.2, 0) is 12.7 Å². The average molecular weight is 600 g/mol. The summed E-state index contributed by atoms with van der Waals surface area (Å²) < 4.78 is 44.8. The number of nitrogens with zero attached hydrogens (tertiary/aromatic N) is 2. The standard InChI is InChI=1S/C33H28F3N5O3/c1-19-10-12-22(28(14-19)44-3)17-37-30-25-8-5-9-26(29(25)38-18-39-30)32(43)41-27-16-24(13-11-20(27)2)40-31(42)21-6-4-7-23(15-21)33(34,35)36/h4-16,18H,17H2,1-3H3,(H,40,42)(H,41,43)(H,37,38,39). The van der Waals surface area contributed by atoms with Gasteiger partial charge in [-0.05, 0) is 73.5 Å². The van der Waals surface area contributed by atoms with Crippen molar-refractivity contribution in [2.24, 2.45) is 0 Å². The molecule has 5 rings (SSSR count). The summed E-state index contributed by atoms with van der Waals surface area (Å²) in [7, 11) is 1.62. The number of amides is 2. The maximum atomic E-state index is 13.5. The summed E-state index contributed by atoms with van der Waals surface area (Å²) in [5.74, 6) is 0.137. The smallest absolute Gasteiger partial charge is 0.416 e. The van der Waals surface area contributed by atoms with E-state index < -0.39 is 23.6 Å². The van der Waals surface area contributed by atoms with Crippen molar-refractivity contribution in [2.45, 2.75) is 26.6 Å². The Morgan fingerprint density at radius 3 is 2.43 bits per heavy atom. The SMILES string of the molecule is COc1cc(C)ccc1CNc1ncnc2c(C(=O)Nc3cc(NC(=O)c4cccc(C(F)(F)F)c4)ccc3C)cccc12. The molecule has 0 aliphatic rings. The molecule has 44 heavy (non-hydrogen) atoms. The molecule has 0 saturated carbocycles. The Bertz CT molecular complexity index is 1870. The number of carbonyl (C=O) groups is 2. The lowest BCUT2D eigenvalue weighted by Crippen LogP contribution is -2.16. The van der Waals surface area contributed by atoms with Crippen molar-refractivity contribution >= 4 is 39.9 Å². The first kappa shape index (κ1) is 30.0. The van der Waals surface area contributed by atoms with Crippen molar-refractivity contribution in [3.8, 4) is 5.75 Å². The number of ether oxygens (including phenoxy) is 1. The summed E-state index contributed by atoms with van der Waals surface area (Å²) in [6, 6.07) is 20.1. The first-order valence-electron chi connectivity index (χ1n) is 13.5. The minimum Gasteiger partial charge on any atom is -0.496 e. The van der Waals surface area contributed by atoms with Gasteiger partial charge in [-0.3, -0.25) is 9.59 Å². The zero-order valence-corrected chi connectivity index (χ0v) is 24.0. The second-order valence-electron chi connectivity index (χ2n) is 10.1. The summed E-state index contributed by atoms with van der Waals surface area (Å²) in [6.07, 6.45) is -3.20. The van der Waals surface area contributed by atoms with E-state index in [1.807, 2.05) is 31.2 Å². The number of benzene rings is 4. The van der Waals surface area contributed by atoms with Gasteiger partial charge in [0, 0.05) is 34.4 Å². The first-order valence-corrected chi connectivity index (χ1v) is 13.5. The highest BCUT2D eigenvalue weighted by Crippen LogP contribution is 2.30. The lowest BCUT2D eigenvalue weighted by Gasteiger charge is -2.14. The number of hydrogen-bond acceptors (Lipinski definition) is 6. The number of halogens is 3. The van der Waals surface area contributed by atoms with Crippen LogP contribution in [0.5, 0.6) is 5.75 Å². The van der Waals surface area contributed by atoms with E-state index in [4.69, 9.17) is 4.74 Å². The third-order valence-corrected chi connectivity index (χ3v) is 6.99. The minimum atomic E-state index is -4.57. The highest BCUT2D eigenvalue weighted by Gasteiger charge is 2.31. The van der Waals surface area contributed by atoms with E-state index in [-0.39, 0.29) is 5.56 Å². The molecule has 224 valence electrons.